The molecule has 0 heterocycles. The molecule has 0 amide bonds. The largest absolute Gasteiger partial charge is 0.319 e. The fourth-order valence-corrected chi connectivity index (χ4v) is 1.15. The molecule has 1 unspecified atom stereocenters. The van der Waals surface area contributed by atoms with E-state index in [4.69, 9.17) is 0 Å². The molecule has 0 aliphatic rings. The van der Waals surface area contributed by atoms with Crippen LogP contribution >= 0.6 is 0 Å². The summed E-state index contributed by atoms with van der Waals surface area (Å²) in [4.78, 5) is 0. The van der Waals surface area contributed by atoms with E-state index in [0.29, 0.717) is 11.3 Å². The number of nitrogens with one attached hydrogen (secondary N) is 1. The fourth-order valence-electron chi connectivity index (χ4n) is 1.15. The second kappa shape index (κ2) is 6.20. The zero-order valence-electron chi connectivity index (χ0n) is 9.85. The van der Waals surface area contributed by atoms with Crippen molar-refractivity contribution in [1.82, 2.24) is 5.32 Å². The summed E-state index contributed by atoms with van der Waals surface area (Å²) >= 11 is 0. The molecule has 0 saturated heterocycles. The molecular weight excluding hydrogens is 158 g/mol. The summed E-state index contributed by atoms with van der Waals surface area (Å²) < 4.78 is 0. The molecule has 0 fully saturated rings. The van der Waals surface area contributed by atoms with Crippen LogP contribution in [0.1, 0.15) is 40.5 Å². The lowest BCUT2D eigenvalue weighted by molar-refractivity contribution is 0.356. The number of allylic oxidation sites excluding steroid dienone is 1. The molecular formula is C12H25N. The van der Waals surface area contributed by atoms with Gasteiger partial charge in [-0.05, 0) is 24.8 Å². The van der Waals surface area contributed by atoms with Gasteiger partial charge in [0, 0.05) is 6.54 Å². The Morgan fingerprint density at radius 3 is 2.46 bits per heavy atom. The summed E-state index contributed by atoms with van der Waals surface area (Å²) in [6.45, 7) is 10.2. The standard InChI is InChI=1S/C12H25N/c1-6-12(3,4)9-7-8-11(2)10-13-5/h7-8,11,13H,6,9-10H2,1-5H3/b8-7-. The first kappa shape index (κ1) is 12.7. The molecule has 0 aliphatic heterocycles. The molecule has 0 spiro atoms. The van der Waals surface area contributed by atoms with Gasteiger partial charge in [-0.15, -0.1) is 0 Å². The van der Waals surface area contributed by atoms with Gasteiger partial charge in [0.1, 0.15) is 0 Å². The molecule has 0 saturated carbocycles. The van der Waals surface area contributed by atoms with E-state index in [-0.39, 0.29) is 0 Å². The van der Waals surface area contributed by atoms with Crippen molar-refractivity contribution in [3.63, 3.8) is 0 Å². The number of rotatable bonds is 6. The average molecular weight is 183 g/mol. The molecule has 1 nitrogen and oxygen atoms in total. The van der Waals surface area contributed by atoms with E-state index in [2.05, 4.69) is 45.2 Å². The van der Waals surface area contributed by atoms with Crippen molar-refractivity contribution in [1.29, 1.82) is 0 Å². The summed E-state index contributed by atoms with van der Waals surface area (Å²) in [5, 5.41) is 3.18. The van der Waals surface area contributed by atoms with E-state index in [9.17, 15) is 0 Å². The minimum Gasteiger partial charge on any atom is -0.319 e. The van der Waals surface area contributed by atoms with Crippen molar-refractivity contribution in [3.05, 3.63) is 12.2 Å². The molecule has 0 bridgehead atoms. The Morgan fingerprint density at radius 2 is 2.00 bits per heavy atom. The van der Waals surface area contributed by atoms with E-state index >= 15 is 0 Å². The first-order valence-corrected chi connectivity index (χ1v) is 5.33. The normalized spacial score (nSPS) is 15.2. The van der Waals surface area contributed by atoms with Crippen LogP contribution in [0.4, 0.5) is 0 Å². The summed E-state index contributed by atoms with van der Waals surface area (Å²) in [7, 11) is 2.00. The lowest BCUT2D eigenvalue weighted by Crippen LogP contribution is -2.14. The Bertz CT molecular complexity index is 147. The first-order chi connectivity index (χ1) is 6.02. The molecule has 1 atom stereocenters. The van der Waals surface area contributed by atoms with Crippen LogP contribution < -0.4 is 5.32 Å². The molecule has 1 N–H and O–H groups in total. The predicted octanol–water partition coefficient (Wildman–Crippen LogP) is 3.22. The number of hydrogen-bond acceptors (Lipinski definition) is 1. The summed E-state index contributed by atoms with van der Waals surface area (Å²) in [6.07, 6.45) is 7.08. The van der Waals surface area contributed by atoms with Crippen LogP contribution in [-0.2, 0) is 0 Å². The third-order valence-corrected chi connectivity index (χ3v) is 2.62. The summed E-state index contributed by atoms with van der Waals surface area (Å²) in [5.41, 5.74) is 0.468. The molecule has 0 rings (SSSR count). The van der Waals surface area contributed by atoms with E-state index < -0.39 is 0 Å². The fraction of sp³-hybridized carbons (Fsp3) is 0.833. The zero-order valence-corrected chi connectivity index (χ0v) is 9.85. The van der Waals surface area contributed by atoms with Crippen molar-refractivity contribution in [3.8, 4) is 0 Å². The Labute approximate surface area is 83.6 Å². The maximum Gasteiger partial charge on any atom is 0.000850 e. The van der Waals surface area contributed by atoms with E-state index in [1.54, 1.807) is 0 Å². The van der Waals surface area contributed by atoms with Gasteiger partial charge >= 0.3 is 0 Å². The van der Waals surface area contributed by atoms with E-state index in [0.717, 1.165) is 6.54 Å². The third-order valence-electron chi connectivity index (χ3n) is 2.62. The van der Waals surface area contributed by atoms with E-state index in [1.807, 2.05) is 7.05 Å². The molecule has 0 radical (unpaired) electrons. The number of hydrogen-bond donors (Lipinski definition) is 1. The molecule has 1 heteroatoms. The second-order valence-electron chi connectivity index (χ2n) is 4.69. The summed E-state index contributed by atoms with van der Waals surface area (Å²) in [6, 6.07) is 0. The molecule has 0 aromatic rings. The van der Waals surface area contributed by atoms with E-state index in [1.165, 1.54) is 12.8 Å². The van der Waals surface area contributed by atoms with Crippen LogP contribution in [0.25, 0.3) is 0 Å². The van der Waals surface area contributed by atoms with Crippen LogP contribution in [0.2, 0.25) is 0 Å². The zero-order chi connectivity index (χ0) is 10.3. The Kier molecular flexibility index (Phi) is 6.06. The van der Waals surface area contributed by atoms with Crippen molar-refractivity contribution in [2.24, 2.45) is 11.3 Å². The molecule has 78 valence electrons. The average Bonchev–Trinajstić information content (AvgIpc) is 2.05. The van der Waals surface area contributed by atoms with Crippen LogP contribution in [-0.4, -0.2) is 13.6 Å². The van der Waals surface area contributed by atoms with Crippen molar-refractivity contribution in [2.75, 3.05) is 13.6 Å². The highest BCUT2D eigenvalue weighted by Gasteiger charge is 2.11. The van der Waals surface area contributed by atoms with Crippen molar-refractivity contribution < 1.29 is 0 Å². The maximum absolute atomic E-state index is 3.18. The van der Waals surface area contributed by atoms with Gasteiger partial charge in [0.2, 0.25) is 0 Å². The van der Waals surface area contributed by atoms with Crippen LogP contribution in [0.5, 0.6) is 0 Å². The third kappa shape index (κ3) is 6.83. The van der Waals surface area contributed by atoms with Gasteiger partial charge in [0.25, 0.3) is 0 Å². The minimum absolute atomic E-state index is 0.468. The van der Waals surface area contributed by atoms with Crippen LogP contribution in [0, 0.1) is 11.3 Å². The highest BCUT2D eigenvalue weighted by molar-refractivity contribution is 4.90. The highest BCUT2D eigenvalue weighted by Crippen LogP contribution is 2.24. The van der Waals surface area contributed by atoms with Crippen LogP contribution in [0.15, 0.2) is 12.2 Å². The predicted molar refractivity (Wildman–Crippen MR) is 60.9 cm³/mol. The lowest BCUT2D eigenvalue weighted by atomic mass is 9.86. The molecule has 0 aromatic heterocycles. The molecule has 0 aliphatic carbocycles. The van der Waals surface area contributed by atoms with Gasteiger partial charge < -0.3 is 5.32 Å². The minimum atomic E-state index is 0.468. The topological polar surface area (TPSA) is 12.0 Å². The van der Waals surface area contributed by atoms with Gasteiger partial charge in [0.15, 0.2) is 0 Å². The quantitative estimate of drug-likeness (QED) is 0.623. The first-order valence-electron chi connectivity index (χ1n) is 5.33. The van der Waals surface area contributed by atoms with Crippen LogP contribution in [0.3, 0.4) is 0 Å². The van der Waals surface area contributed by atoms with Crippen molar-refractivity contribution in [2.45, 2.75) is 40.5 Å². The molecule has 0 aromatic carbocycles. The lowest BCUT2D eigenvalue weighted by Gasteiger charge is -2.20. The van der Waals surface area contributed by atoms with Gasteiger partial charge in [0.05, 0.1) is 0 Å². The van der Waals surface area contributed by atoms with Gasteiger partial charge in [-0.1, -0.05) is 46.3 Å². The van der Waals surface area contributed by atoms with Crippen molar-refractivity contribution >= 4 is 0 Å². The highest BCUT2D eigenvalue weighted by atomic mass is 14.8. The van der Waals surface area contributed by atoms with Gasteiger partial charge in [-0.2, -0.15) is 0 Å². The Hall–Kier alpha value is -0.300. The van der Waals surface area contributed by atoms with Gasteiger partial charge in [-0.3, -0.25) is 0 Å². The van der Waals surface area contributed by atoms with Gasteiger partial charge in [-0.25, -0.2) is 0 Å². The Balaban J connectivity index is 3.73. The Morgan fingerprint density at radius 1 is 1.38 bits per heavy atom. The molecule has 13 heavy (non-hydrogen) atoms. The second-order valence-corrected chi connectivity index (χ2v) is 4.69. The monoisotopic (exact) mass is 183 g/mol. The SMILES string of the molecule is CCC(C)(C)C/C=C\C(C)CNC. The summed E-state index contributed by atoms with van der Waals surface area (Å²) in [5.74, 6) is 0.651. The smallest absolute Gasteiger partial charge is 0.000850 e. The maximum atomic E-state index is 3.18.